The summed E-state index contributed by atoms with van der Waals surface area (Å²) in [5.41, 5.74) is 1.02. The van der Waals surface area contributed by atoms with Crippen LogP contribution in [0, 0.1) is 5.92 Å². The van der Waals surface area contributed by atoms with E-state index in [9.17, 15) is 0 Å². The molecule has 0 aromatic rings. The Kier molecular flexibility index (Phi) is 5.05. The number of oxime groups is 1. The zero-order chi connectivity index (χ0) is 11.3. The van der Waals surface area contributed by atoms with Gasteiger partial charge in [0.25, 0.3) is 0 Å². The van der Waals surface area contributed by atoms with Crippen LogP contribution in [0.2, 0.25) is 0 Å². The minimum atomic E-state index is 0.123. The van der Waals surface area contributed by atoms with Gasteiger partial charge in [-0.15, -0.1) is 0 Å². The molecule has 0 spiro atoms. The van der Waals surface area contributed by atoms with Crippen molar-refractivity contribution >= 4 is 5.71 Å². The first-order chi connectivity index (χ1) is 7.09. The van der Waals surface area contributed by atoms with Gasteiger partial charge in [0, 0.05) is 13.1 Å². The molecular formula is C11H22N2O2. The minimum Gasteiger partial charge on any atom is -0.393 e. The molecule has 15 heavy (non-hydrogen) atoms. The highest BCUT2D eigenvalue weighted by Gasteiger charge is 2.19. The van der Waals surface area contributed by atoms with Crippen molar-refractivity contribution in [1.82, 2.24) is 5.32 Å². The summed E-state index contributed by atoms with van der Waals surface area (Å²) in [5, 5.41) is 7.34. The summed E-state index contributed by atoms with van der Waals surface area (Å²) in [6.45, 7) is 10.5. The van der Waals surface area contributed by atoms with Gasteiger partial charge in [-0.05, 0) is 19.8 Å². The first-order valence-corrected chi connectivity index (χ1v) is 5.62. The van der Waals surface area contributed by atoms with E-state index in [1.807, 2.05) is 6.92 Å². The maximum Gasteiger partial charge on any atom is 0.144 e. The predicted octanol–water partition coefficient (Wildman–Crippen LogP) is 1.41. The standard InChI is InChI=1S/C11H22N2O2/c1-8(2)10(4)13-14-7-11-6-12-5-9(3)15-11/h8-9,11-12H,5-7H2,1-4H3/b13-10+/t9-,11+/m0/s1. The van der Waals surface area contributed by atoms with E-state index in [0.29, 0.717) is 12.5 Å². The highest BCUT2D eigenvalue weighted by molar-refractivity contribution is 5.83. The highest BCUT2D eigenvalue weighted by Crippen LogP contribution is 2.04. The normalized spacial score (nSPS) is 28.2. The lowest BCUT2D eigenvalue weighted by Crippen LogP contribution is -2.45. The van der Waals surface area contributed by atoms with Crippen LogP contribution in [-0.4, -0.2) is 37.6 Å². The van der Waals surface area contributed by atoms with Crippen molar-refractivity contribution in [3.63, 3.8) is 0 Å². The third kappa shape index (κ3) is 4.62. The van der Waals surface area contributed by atoms with Crippen molar-refractivity contribution in [2.24, 2.45) is 11.1 Å². The summed E-state index contributed by atoms with van der Waals surface area (Å²) in [5.74, 6) is 0.439. The van der Waals surface area contributed by atoms with Crippen LogP contribution in [0.25, 0.3) is 0 Å². The van der Waals surface area contributed by atoms with E-state index in [-0.39, 0.29) is 12.2 Å². The van der Waals surface area contributed by atoms with Crippen LogP contribution in [0.15, 0.2) is 5.16 Å². The second kappa shape index (κ2) is 6.08. The molecule has 0 aliphatic carbocycles. The Hall–Kier alpha value is -0.610. The van der Waals surface area contributed by atoms with Gasteiger partial charge >= 0.3 is 0 Å². The lowest BCUT2D eigenvalue weighted by atomic mass is 10.1. The van der Waals surface area contributed by atoms with Gasteiger partial charge in [0.15, 0.2) is 0 Å². The van der Waals surface area contributed by atoms with E-state index in [0.717, 1.165) is 18.8 Å². The fraction of sp³-hybridized carbons (Fsp3) is 0.909. The van der Waals surface area contributed by atoms with Gasteiger partial charge < -0.3 is 14.9 Å². The minimum absolute atomic E-state index is 0.123. The fourth-order valence-electron chi connectivity index (χ4n) is 1.30. The molecule has 0 radical (unpaired) electrons. The lowest BCUT2D eigenvalue weighted by molar-refractivity contribution is -0.0681. The number of ether oxygens (including phenoxy) is 1. The van der Waals surface area contributed by atoms with E-state index in [4.69, 9.17) is 9.57 Å². The SMILES string of the molecule is C/C(=N\OC[C@H]1CNC[C@H](C)O1)C(C)C. The molecule has 0 unspecified atom stereocenters. The fourth-order valence-corrected chi connectivity index (χ4v) is 1.30. The first-order valence-electron chi connectivity index (χ1n) is 5.62. The molecule has 1 heterocycles. The number of hydrogen-bond acceptors (Lipinski definition) is 4. The molecule has 0 aromatic heterocycles. The summed E-state index contributed by atoms with van der Waals surface area (Å²) in [7, 11) is 0. The van der Waals surface area contributed by atoms with Gasteiger partial charge in [-0.3, -0.25) is 0 Å². The van der Waals surface area contributed by atoms with Crippen LogP contribution in [0.3, 0.4) is 0 Å². The molecule has 0 aromatic carbocycles. The number of nitrogens with zero attached hydrogens (tertiary/aromatic N) is 1. The van der Waals surface area contributed by atoms with Crippen LogP contribution >= 0.6 is 0 Å². The van der Waals surface area contributed by atoms with Gasteiger partial charge in [-0.25, -0.2) is 0 Å². The van der Waals surface area contributed by atoms with Crippen molar-refractivity contribution < 1.29 is 9.57 Å². The zero-order valence-corrected chi connectivity index (χ0v) is 10.1. The molecule has 4 nitrogen and oxygen atoms in total. The molecule has 4 heteroatoms. The van der Waals surface area contributed by atoms with E-state index in [1.54, 1.807) is 0 Å². The highest BCUT2D eigenvalue weighted by atomic mass is 16.6. The second-order valence-electron chi connectivity index (χ2n) is 4.41. The molecule has 0 bridgehead atoms. The molecule has 0 saturated carbocycles. The van der Waals surface area contributed by atoms with Gasteiger partial charge in [0.05, 0.1) is 11.8 Å². The maximum absolute atomic E-state index is 5.67. The molecule has 1 aliphatic rings. The Morgan fingerprint density at radius 2 is 2.27 bits per heavy atom. The molecule has 1 fully saturated rings. The van der Waals surface area contributed by atoms with Crippen molar-refractivity contribution in [1.29, 1.82) is 0 Å². The molecule has 1 N–H and O–H groups in total. The van der Waals surface area contributed by atoms with Crippen LogP contribution in [0.1, 0.15) is 27.7 Å². The lowest BCUT2D eigenvalue weighted by Gasteiger charge is -2.27. The Balaban J connectivity index is 2.22. The number of morpholine rings is 1. The third-order valence-corrected chi connectivity index (χ3v) is 2.53. The summed E-state index contributed by atoms with van der Waals surface area (Å²) >= 11 is 0. The number of hydrogen-bond donors (Lipinski definition) is 1. The van der Waals surface area contributed by atoms with Crippen LogP contribution in [-0.2, 0) is 9.57 Å². The predicted molar refractivity (Wildman–Crippen MR) is 61.1 cm³/mol. The van der Waals surface area contributed by atoms with Crippen molar-refractivity contribution in [2.75, 3.05) is 19.7 Å². The second-order valence-corrected chi connectivity index (χ2v) is 4.41. The van der Waals surface area contributed by atoms with Gasteiger partial charge in [0.2, 0.25) is 0 Å². The molecule has 0 amide bonds. The van der Waals surface area contributed by atoms with E-state index in [2.05, 4.69) is 31.2 Å². The van der Waals surface area contributed by atoms with E-state index < -0.39 is 0 Å². The van der Waals surface area contributed by atoms with Crippen LogP contribution in [0.5, 0.6) is 0 Å². The Morgan fingerprint density at radius 3 is 2.87 bits per heavy atom. The van der Waals surface area contributed by atoms with Crippen LogP contribution in [0.4, 0.5) is 0 Å². The third-order valence-electron chi connectivity index (χ3n) is 2.53. The Bertz CT molecular complexity index is 217. The largest absolute Gasteiger partial charge is 0.393 e. The average Bonchev–Trinajstić information content (AvgIpc) is 2.17. The quantitative estimate of drug-likeness (QED) is 0.568. The van der Waals surface area contributed by atoms with Gasteiger partial charge in [-0.1, -0.05) is 19.0 Å². The average molecular weight is 214 g/mol. The molecule has 1 aliphatic heterocycles. The molecule has 88 valence electrons. The summed E-state index contributed by atoms with van der Waals surface area (Å²) in [6, 6.07) is 0. The van der Waals surface area contributed by atoms with Crippen molar-refractivity contribution in [3.8, 4) is 0 Å². The number of nitrogens with one attached hydrogen (secondary N) is 1. The molecule has 1 saturated heterocycles. The summed E-state index contributed by atoms with van der Waals surface area (Å²) in [6.07, 6.45) is 0.389. The number of rotatable bonds is 4. The Labute approximate surface area is 92.0 Å². The smallest absolute Gasteiger partial charge is 0.144 e. The topological polar surface area (TPSA) is 42.8 Å². The first kappa shape index (κ1) is 12.5. The van der Waals surface area contributed by atoms with Crippen molar-refractivity contribution in [3.05, 3.63) is 0 Å². The monoisotopic (exact) mass is 214 g/mol. The zero-order valence-electron chi connectivity index (χ0n) is 10.1. The summed E-state index contributed by atoms with van der Waals surface area (Å²) in [4.78, 5) is 5.27. The molecule has 2 atom stereocenters. The molecular weight excluding hydrogens is 192 g/mol. The van der Waals surface area contributed by atoms with Crippen molar-refractivity contribution in [2.45, 2.75) is 39.9 Å². The van der Waals surface area contributed by atoms with E-state index in [1.165, 1.54) is 0 Å². The van der Waals surface area contributed by atoms with E-state index >= 15 is 0 Å². The van der Waals surface area contributed by atoms with Crippen LogP contribution < -0.4 is 5.32 Å². The maximum atomic E-state index is 5.67. The molecule has 1 rings (SSSR count). The van der Waals surface area contributed by atoms with Gasteiger partial charge in [-0.2, -0.15) is 0 Å². The summed E-state index contributed by atoms with van der Waals surface area (Å²) < 4.78 is 5.67. The van der Waals surface area contributed by atoms with Gasteiger partial charge in [0.1, 0.15) is 12.7 Å². The Morgan fingerprint density at radius 1 is 1.53 bits per heavy atom.